The van der Waals surface area contributed by atoms with E-state index in [-0.39, 0.29) is 0 Å². The van der Waals surface area contributed by atoms with Crippen molar-refractivity contribution < 1.29 is 9.90 Å². The molecule has 0 saturated heterocycles. The SMILES string of the molecule is CCNC(CC)(CCCN1CCn2cnnc2C1)C(=O)O. The summed E-state index contributed by atoms with van der Waals surface area (Å²) < 4.78 is 2.07. The summed E-state index contributed by atoms with van der Waals surface area (Å²) in [7, 11) is 0. The molecule has 0 radical (unpaired) electrons. The van der Waals surface area contributed by atoms with Crippen LogP contribution in [-0.2, 0) is 17.9 Å². The molecule has 0 spiro atoms. The first-order valence-electron chi connectivity index (χ1n) is 7.68. The minimum atomic E-state index is -0.787. The molecular weight excluding hydrogens is 270 g/mol. The molecule has 0 aromatic carbocycles. The monoisotopic (exact) mass is 295 g/mol. The molecule has 1 atom stereocenters. The molecule has 1 unspecified atom stereocenters. The molecule has 21 heavy (non-hydrogen) atoms. The Morgan fingerprint density at radius 2 is 2.29 bits per heavy atom. The van der Waals surface area contributed by atoms with Crippen molar-refractivity contribution in [3.05, 3.63) is 12.2 Å². The molecule has 0 fully saturated rings. The van der Waals surface area contributed by atoms with Gasteiger partial charge in [-0.1, -0.05) is 13.8 Å². The molecule has 1 aromatic rings. The number of carboxylic acids is 1. The van der Waals surface area contributed by atoms with Gasteiger partial charge in [-0.15, -0.1) is 10.2 Å². The fourth-order valence-electron chi connectivity index (χ4n) is 2.97. The quantitative estimate of drug-likeness (QED) is 0.735. The fraction of sp³-hybridized carbons (Fsp3) is 0.786. The van der Waals surface area contributed by atoms with E-state index in [1.165, 1.54) is 0 Å². The van der Waals surface area contributed by atoms with E-state index in [2.05, 4.69) is 25.0 Å². The van der Waals surface area contributed by atoms with Gasteiger partial charge in [0.25, 0.3) is 0 Å². The van der Waals surface area contributed by atoms with Gasteiger partial charge in [0, 0.05) is 13.1 Å². The van der Waals surface area contributed by atoms with Gasteiger partial charge in [0.2, 0.25) is 0 Å². The maximum absolute atomic E-state index is 11.6. The van der Waals surface area contributed by atoms with Crippen LogP contribution in [0.4, 0.5) is 0 Å². The molecule has 2 heterocycles. The van der Waals surface area contributed by atoms with Crippen LogP contribution in [0.15, 0.2) is 6.33 Å². The van der Waals surface area contributed by atoms with Gasteiger partial charge in [0.15, 0.2) is 0 Å². The van der Waals surface area contributed by atoms with Crippen molar-refractivity contribution in [1.29, 1.82) is 0 Å². The average Bonchev–Trinajstić information content (AvgIpc) is 2.93. The molecule has 0 amide bonds. The van der Waals surface area contributed by atoms with Gasteiger partial charge in [-0.3, -0.25) is 9.69 Å². The first kappa shape index (κ1) is 15.9. The van der Waals surface area contributed by atoms with Crippen LogP contribution in [-0.4, -0.2) is 55.9 Å². The maximum atomic E-state index is 11.6. The van der Waals surface area contributed by atoms with Crippen LogP contribution in [0.2, 0.25) is 0 Å². The Labute approximate surface area is 125 Å². The molecule has 7 nitrogen and oxygen atoms in total. The van der Waals surface area contributed by atoms with E-state index in [1.54, 1.807) is 6.33 Å². The largest absolute Gasteiger partial charge is 0.480 e. The van der Waals surface area contributed by atoms with Crippen LogP contribution in [0.5, 0.6) is 0 Å². The first-order chi connectivity index (χ1) is 10.1. The van der Waals surface area contributed by atoms with Crippen molar-refractivity contribution in [2.75, 3.05) is 19.6 Å². The van der Waals surface area contributed by atoms with Crippen molar-refractivity contribution in [2.45, 2.75) is 51.7 Å². The zero-order valence-electron chi connectivity index (χ0n) is 12.9. The summed E-state index contributed by atoms with van der Waals surface area (Å²) >= 11 is 0. The zero-order chi connectivity index (χ0) is 15.3. The number of rotatable bonds is 8. The second kappa shape index (κ2) is 7.00. The summed E-state index contributed by atoms with van der Waals surface area (Å²) in [4.78, 5) is 13.9. The zero-order valence-corrected chi connectivity index (χ0v) is 12.9. The summed E-state index contributed by atoms with van der Waals surface area (Å²) in [5.74, 6) is 0.248. The highest BCUT2D eigenvalue weighted by molar-refractivity contribution is 5.78. The predicted molar refractivity (Wildman–Crippen MR) is 78.9 cm³/mol. The van der Waals surface area contributed by atoms with Crippen LogP contribution in [0, 0.1) is 0 Å². The highest BCUT2D eigenvalue weighted by atomic mass is 16.4. The van der Waals surface area contributed by atoms with Crippen molar-refractivity contribution >= 4 is 5.97 Å². The van der Waals surface area contributed by atoms with E-state index in [4.69, 9.17) is 0 Å². The van der Waals surface area contributed by atoms with Crippen LogP contribution in [0.25, 0.3) is 0 Å². The number of nitrogens with zero attached hydrogens (tertiary/aromatic N) is 4. The number of aromatic nitrogens is 3. The molecule has 1 aliphatic heterocycles. The van der Waals surface area contributed by atoms with E-state index in [0.29, 0.717) is 19.4 Å². The standard InChI is InChI=1S/C14H25N5O2/c1-3-14(13(20)21,15-4-2)6-5-7-18-8-9-19-11-16-17-12(19)10-18/h11,15H,3-10H2,1-2H3,(H,20,21). The molecule has 118 valence electrons. The lowest BCUT2D eigenvalue weighted by molar-refractivity contribution is -0.145. The lowest BCUT2D eigenvalue weighted by atomic mass is 9.90. The van der Waals surface area contributed by atoms with E-state index < -0.39 is 11.5 Å². The molecular formula is C14H25N5O2. The molecule has 7 heteroatoms. The van der Waals surface area contributed by atoms with Crippen LogP contribution in [0.3, 0.4) is 0 Å². The number of hydrogen-bond donors (Lipinski definition) is 2. The van der Waals surface area contributed by atoms with Gasteiger partial charge in [0.1, 0.15) is 17.7 Å². The molecule has 2 rings (SSSR count). The third-order valence-corrected chi connectivity index (χ3v) is 4.32. The Bertz CT molecular complexity index is 476. The van der Waals surface area contributed by atoms with Gasteiger partial charge < -0.3 is 15.0 Å². The van der Waals surface area contributed by atoms with Gasteiger partial charge >= 0.3 is 5.97 Å². The topological polar surface area (TPSA) is 83.3 Å². The second-order valence-corrected chi connectivity index (χ2v) is 5.59. The van der Waals surface area contributed by atoms with Crippen LogP contribution < -0.4 is 5.32 Å². The van der Waals surface area contributed by atoms with E-state index >= 15 is 0 Å². The Hall–Kier alpha value is -1.47. The van der Waals surface area contributed by atoms with Gasteiger partial charge in [-0.05, 0) is 32.4 Å². The highest BCUT2D eigenvalue weighted by Crippen LogP contribution is 2.19. The highest BCUT2D eigenvalue weighted by Gasteiger charge is 2.35. The summed E-state index contributed by atoms with van der Waals surface area (Å²) in [5.41, 5.74) is -0.787. The normalized spacial score (nSPS) is 18.2. The molecule has 1 aliphatic rings. The molecule has 0 bridgehead atoms. The van der Waals surface area contributed by atoms with Crippen molar-refractivity contribution in [3.63, 3.8) is 0 Å². The number of hydrogen-bond acceptors (Lipinski definition) is 5. The Morgan fingerprint density at radius 3 is 2.95 bits per heavy atom. The first-order valence-corrected chi connectivity index (χ1v) is 7.68. The van der Waals surface area contributed by atoms with Gasteiger partial charge in [0.05, 0.1) is 6.54 Å². The Balaban J connectivity index is 1.84. The minimum Gasteiger partial charge on any atom is -0.480 e. The third-order valence-electron chi connectivity index (χ3n) is 4.32. The Kier molecular flexibility index (Phi) is 5.30. The van der Waals surface area contributed by atoms with E-state index in [1.807, 2.05) is 13.8 Å². The summed E-state index contributed by atoms with van der Waals surface area (Å²) in [6.45, 7) is 8.13. The van der Waals surface area contributed by atoms with Crippen molar-refractivity contribution in [3.8, 4) is 0 Å². The van der Waals surface area contributed by atoms with Gasteiger partial charge in [-0.25, -0.2) is 0 Å². The average molecular weight is 295 g/mol. The summed E-state index contributed by atoms with van der Waals surface area (Å²) in [6.07, 6.45) is 3.88. The van der Waals surface area contributed by atoms with E-state index in [9.17, 15) is 9.90 Å². The summed E-state index contributed by atoms with van der Waals surface area (Å²) in [6, 6.07) is 0. The molecule has 1 aromatic heterocycles. The van der Waals surface area contributed by atoms with Crippen LogP contribution >= 0.6 is 0 Å². The Morgan fingerprint density at radius 1 is 1.48 bits per heavy atom. The van der Waals surface area contributed by atoms with Gasteiger partial charge in [-0.2, -0.15) is 0 Å². The second-order valence-electron chi connectivity index (χ2n) is 5.59. The number of likely N-dealkylation sites (N-methyl/N-ethyl adjacent to an activating group) is 1. The van der Waals surface area contributed by atoms with Crippen LogP contribution in [0.1, 0.15) is 38.9 Å². The maximum Gasteiger partial charge on any atom is 0.323 e. The van der Waals surface area contributed by atoms with E-state index in [0.717, 1.165) is 38.4 Å². The van der Waals surface area contributed by atoms with Crippen molar-refractivity contribution in [2.24, 2.45) is 0 Å². The number of fused-ring (bicyclic) bond motifs is 1. The number of carbonyl (C=O) groups is 1. The lowest BCUT2D eigenvalue weighted by Crippen LogP contribution is -2.52. The summed E-state index contributed by atoms with van der Waals surface area (Å²) in [5, 5.41) is 20.7. The number of aliphatic carboxylic acids is 1. The van der Waals surface area contributed by atoms with Crippen molar-refractivity contribution in [1.82, 2.24) is 25.0 Å². The minimum absolute atomic E-state index is 0.602. The molecule has 2 N–H and O–H groups in total. The third kappa shape index (κ3) is 3.59. The number of nitrogens with one attached hydrogen (secondary N) is 1. The number of carboxylic acid groups (broad SMARTS) is 1. The smallest absolute Gasteiger partial charge is 0.323 e. The predicted octanol–water partition coefficient (Wildman–Crippen LogP) is 0.717. The fourth-order valence-corrected chi connectivity index (χ4v) is 2.97. The molecule has 0 saturated carbocycles. The lowest BCUT2D eigenvalue weighted by Gasteiger charge is -2.31. The molecule has 0 aliphatic carbocycles.